The van der Waals surface area contributed by atoms with Crippen LogP contribution < -0.4 is 5.32 Å². The summed E-state index contributed by atoms with van der Waals surface area (Å²) in [5, 5.41) is 15.7. The fraction of sp³-hybridized carbons (Fsp3) is 0.562. The number of nitrogens with one attached hydrogen (secondary N) is 1. The number of rotatable bonds is 6. The van der Waals surface area contributed by atoms with Crippen LogP contribution in [0.3, 0.4) is 0 Å². The molecule has 2 aromatic rings. The fourth-order valence-corrected chi connectivity index (χ4v) is 3.54. The largest absolute Gasteiger partial charge is 0.355 e. The maximum Gasteiger partial charge on any atom is 0.234 e. The van der Waals surface area contributed by atoms with Gasteiger partial charge in [0, 0.05) is 25.6 Å². The van der Waals surface area contributed by atoms with Gasteiger partial charge in [-0.1, -0.05) is 13.8 Å². The molecule has 0 unspecified atom stereocenters. The molecule has 0 atom stereocenters. The highest BCUT2D eigenvalue weighted by molar-refractivity contribution is 7.07. The monoisotopic (exact) mass is 333 g/mol. The van der Waals surface area contributed by atoms with Crippen LogP contribution in [0.2, 0.25) is 0 Å². The summed E-state index contributed by atoms with van der Waals surface area (Å²) < 4.78 is 2.19. The quantitative estimate of drug-likeness (QED) is 0.873. The third-order valence-corrected chi connectivity index (χ3v) is 4.79. The number of aromatic nitrogens is 3. The normalized spacial score (nSPS) is 14.9. The lowest BCUT2D eigenvalue weighted by Crippen LogP contribution is -2.42. The smallest absolute Gasteiger partial charge is 0.234 e. The molecule has 0 spiro atoms. The molecule has 6 nitrogen and oxygen atoms in total. The van der Waals surface area contributed by atoms with Crippen molar-refractivity contribution in [1.29, 1.82) is 0 Å². The Morgan fingerprint density at radius 3 is 3.00 bits per heavy atom. The zero-order valence-electron chi connectivity index (χ0n) is 13.7. The molecule has 0 radical (unpaired) electrons. The van der Waals surface area contributed by atoms with Crippen molar-refractivity contribution in [2.45, 2.75) is 39.3 Å². The van der Waals surface area contributed by atoms with E-state index in [4.69, 9.17) is 0 Å². The lowest BCUT2D eigenvalue weighted by molar-refractivity contribution is -0.122. The van der Waals surface area contributed by atoms with Gasteiger partial charge in [0.1, 0.15) is 11.6 Å². The third-order valence-electron chi connectivity index (χ3n) is 4.06. The van der Waals surface area contributed by atoms with Crippen molar-refractivity contribution in [3.05, 3.63) is 34.0 Å². The molecular weight excluding hydrogens is 310 g/mol. The maximum atomic E-state index is 12.1. The molecule has 7 heteroatoms. The van der Waals surface area contributed by atoms with Crippen LogP contribution >= 0.6 is 11.3 Å². The standard InChI is InChI=1S/C16H23N5OS/c1-12(2)16-19-18-14-9-20(6-7-21(14)16)10-15(22)17-5-3-13-4-8-23-11-13/h4,8,11-12H,3,5-7,9-10H2,1-2H3,(H,17,22). The van der Waals surface area contributed by atoms with Crippen LogP contribution in [-0.2, 0) is 24.3 Å². The first kappa shape index (κ1) is 16.1. The predicted octanol–water partition coefficient (Wildman–Crippen LogP) is 1.64. The summed E-state index contributed by atoms with van der Waals surface area (Å²) in [5.41, 5.74) is 1.28. The number of nitrogens with zero attached hydrogens (tertiary/aromatic N) is 4. The molecule has 0 saturated carbocycles. The Morgan fingerprint density at radius 1 is 1.39 bits per heavy atom. The van der Waals surface area contributed by atoms with Crippen LogP contribution in [0, 0.1) is 0 Å². The van der Waals surface area contributed by atoms with Gasteiger partial charge in [-0.05, 0) is 28.8 Å². The van der Waals surface area contributed by atoms with Gasteiger partial charge in [0.05, 0.1) is 13.1 Å². The molecule has 1 aliphatic rings. The summed E-state index contributed by atoms with van der Waals surface area (Å²) in [6.07, 6.45) is 0.890. The Labute approximate surface area is 140 Å². The number of thiophene rings is 1. The van der Waals surface area contributed by atoms with E-state index in [1.807, 2.05) is 0 Å². The minimum absolute atomic E-state index is 0.0808. The van der Waals surface area contributed by atoms with Crippen molar-refractivity contribution in [2.24, 2.45) is 0 Å². The molecule has 1 aliphatic heterocycles. The zero-order valence-corrected chi connectivity index (χ0v) is 14.5. The minimum Gasteiger partial charge on any atom is -0.355 e. The second-order valence-corrected chi connectivity index (χ2v) is 7.00. The average molecular weight is 333 g/mol. The summed E-state index contributed by atoms with van der Waals surface area (Å²) in [6, 6.07) is 2.10. The van der Waals surface area contributed by atoms with Crippen molar-refractivity contribution < 1.29 is 4.79 Å². The summed E-state index contributed by atoms with van der Waals surface area (Å²) in [7, 11) is 0. The summed E-state index contributed by atoms with van der Waals surface area (Å²) in [4.78, 5) is 14.2. The first-order valence-corrected chi connectivity index (χ1v) is 9.00. The topological polar surface area (TPSA) is 63.1 Å². The molecule has 0 aliphatic carbocycles. The number of hydrogen-bond acceptors (Lipinski definition) is 5. The van der Waals surface area contributed by atoms with Gasteiger partial charge in [-0.2, -0.15) is 11.3 Å². The molecule has 23 heavy (non-hydrogen) atoms. The highest BCUT2D eigenvalue weighted by Crippen LogP contribution is 2.17. The van der Waals surface area contributed by atoms with Gasteiger partial charge in [0.2, 0.25) is 5.91 Å². The number of carbonyl (C=O) groups is 1. The van der Waals surface area contributed by atoms with Crippen LogP contribution in [0.1, 0.15) is 37.0 Å². The van der Waals surface area contributed by atoms with Crippen molar-refractivity contribution >= 4 is 17.2 Å². The molecular formula is C16H23N5OS. The van der Waals surface area contributed by atoms with E-state index in [-0.39, 0.29) is 5.91 Å². The summed E-state index contributed by atoms with van der Waals surface area (Å²) in [6.45, 7) is 7.79. The molecule has 3 rings (SSSR count). The molecule has 0 fully saturated rings. The fourth-order valence-electron chi connectivity index (χ4n) is 2.83. The van der Waals surface area contributed by atoms with Crippen LogP contribution in [-0.4, -0.2) is 45.2 Å². The molecule has 1 N–H and O–H groups in total. The van der Waals surface area contributed by atoms with Crippen molar-refractivity contribution in [1.82, 2.24) is 25.0 Å². The molecule has 0 bridgehead atoms. The Bertz CT molecular complexity index is 649. The van der Waals surface area contributed by atoms with Gasteiger partial charge in [0.15, 0.2) is 0 Å². The van der Waals surface area contributed by atoms with Crippen LogP contribution in [0.4, 0.5) is 0 Å². The zero-order chi connectivity index (χ0) is 16.2. The lowest BCUT2D eigenvalue weighted by Gasteiger charge is -2.27. The first-order valence-electron chi connectivity index (χ1n) is 8.05. The van der Waals surface area contributed by atoms with E-state index in [2.05, 4.69) is 55.7 Å². The highest BCUT2D eigenvalue weighted by Gasteiger charge is 2.23. The second-order valence-electron chi connectivity index (χ2n) is 6.22. The van der Waals surface area contributed by atoms with Crippen LogP contribution in [0.25, 0.3) is 0 Å². The van der Waals surface area contributed by atoms with Crippen molar-refractivity contribution in [2.75, 3.05) is 19.6 Å². The second kappa shape index (κ2) is 7.23. The Kier molecular flexibility index (Phi) is 5.07. The predicted molar refractivity (Wildman–Crippen MR) is 90.4 cm³/mol. The SMILES string of the molecule is CC(C)c1nnc2n1CCN(CC(=O)NCCc1ccsc1)C2. The van der Waals surface area contributed by atoms with Gasteiger partial charge in [-0.15, -0.1) is 10.2 Å². The van der Waals surface area contributed by atoms with Gasteiger partial charge in [-0.3, -0.25) is 9.69 Å². The Balaban J connectivity index is 1.46. The van der Waals surface area contributed by atoms with E-state index in [0.29, 0.717) is 25.6 Å². The maximum absolute atomic E-state index is 12.1. The number of carbonyl (C=O) groups excluding carboxylic acids is 1. The highest BCUT2D eigenvalue weighted by atomic mass is 32.1. The molecule has 124 valence electrons. The van der Waals surface area contributed by atoms with Gasteiger partial charge >= 0.3 is 0 Å². The average Bonchev–Trinajstić information content (AvgIpc) is 3.15. The van der Waals surface area contributed by atoms with Crippen LogP contribution in [0.15, 0.2) is 16.8 Å². The van der Waals surface area contributed by atoms with Crippen molar-refractivity contribution in [3.8, 4) is 0 Å². The van der Waals surface area contributed by atoms with Crippen LogP contribution in [0.5, 0.6) is 0 Å². The lowest BCUT2D eigenvalue weighted by atomic mass is 10.2. The van der Waals surface area contributed by atoms with Gasteiger partial charge in [0.25, 0.3) is 0 Å². The van der Waals surface area contributed by atoms with Gasteiger partial charge in [-0.25, -0.2) is 0 Å². The molecule has 1 amide bonds. The van der Waals surface area contributed by atoms with E-state index in [9.17, 15) is 4.79 Å². The Hall–Kier alpha value is -1.73. The van der Waals surface area contributed by atoms with Crippen molar-refractivity contribution in [3.63, 3.8) is 0 Å². The Morgan fingerprint density at radius 2 is 2.26 bits per heavy atom. The molecule has 0 saturated heterocycles. The van der Waals surface area contributed by atoms with E-state index in [1.54, 1.807) is 11.3 Å². The molecule has 2 aromatic heterocycles. The number of fused-ring (bicyclic) bond motifs is 1. The number of hydrogen-bond donors (Lipinski definition) is 1. The summed E-state index contributed by atoms with van der Waals surface area (Å²) in [5.74, 6) is 2.46. The van der Waals surface area contributed by atoms with E-state index >= 15 is 0 Å². The van der Waals surface area contributed by atoms with Gasteiger partial charge < -0.3 is 9.88 Å². The van der Waals surface area contributed by atoms with E-state index < -0.39 is 0 Å². The summed E-state index contributed by atoms with van der Waals surface area (Å²) >= 11 is 1.69. The van der Waals surface area contributed by atoms with E-state index in [1.165, 1.54) is 5.56 Å². The number of amides is 1. The van der Waals surface area contributed by atoms with E-state index in [0.717, 1.165) is 31.2 Å². The third kappa shape index (κ3) is 3.97. The first-order chi connectivity index (χ1) is 11.1. The molecule has 3 heterocycles. The molecule has 0 aromatic carbocycles. The minimum atomic E-state index is 0.0808.